The normalized spacial score (nSPS) is 17.7. The molecule has 1 rings (SSSR count). The first-order valence-electron chi connectivity index (χ1n) is 9.90. The molecule has 0 amide bonds. The van der Waals surface area contributed by atoms with Crippen LogP contribution in [0, 0.1) is 5.41 Å². The van der Waals surface area contributed by atoms with Crippen molar-refractivity contribution in [3.8, 4) is 0 Å². The highest BCUT2D eigenvalue weighted by molar-refractivity contribution is 5.43. The Hall–Kier alpha value is -2.18. The van der Waals surface area contributed by atoms with Crippen LogP contribution in [-0.4, -0.2) is 64.2 Å². The number of hydrogen-bond acceptors (Lipinski definition) is 6. The molecule has 0 aliphatic carbocycles. The smallest absolute Gasteiger partial charge is 0.293 e. The number of ether oxygens (including phenoxy) is 3. The molecule has 1 unspecified atom stereocenters. The maximum absolute atomic E-state index is 10.6. The summed E-state index contributed by atoms with van der Waals surface area (Å²) in [5.41, 5.74) is 3.62. The van der Waals surface area contributed by atoms with E-state index in [0.717, 1.165) is 48.8 Å². The van der Waals surface area contributed by atoms with Crippen molar-refractivity contribution in [3.05, 3.63) is 47.3 Å². The number of methoxy groups -OCH3 is 1. The van der Waals surface area contributed by atoms with E-state index in [-0.39, 0.29) is 11.5 Å². The van der Waals surface area contributed by atoms with Crippen LogP contribution in [0.25, 0.3) is 0 Å². The van der Waals surface area contributed by atoms with Gasteiger partial charge in [-0.25, -0.2) is 0 Å². The molecular weight excluding hydrogens is 368 g/mol. The standard InChI is InChI=1S/C23H36N2O4/c1-18(14-19(2)25-10-12-28-13-11-25)21(15-23(4,5)16-29-17-26)8-9-22(24-6)20(3)27-7/h8-9,14,17,20H,1,6,10-13,15-16H2,2-5,7H3/b19-14+,21-8+,22-9+. The summed E-state index contributed by atoms with van der Waals surface area (Å²) in [4.78, 5) is 17.0. The lowest BCUT2D eigenvalue weighted by Crippen LogP contribution is -2.34. The summed E-state index contributed by atoms with van der Waals surface area (Å²) in [7, 11) is 1.64. The number of hydrogen-bond donors (Lipinski definition) is 0. The highest BCUT2D eigenvalue weighted by Crippen LogP contribution is 2.30. The number of nitrogens with zero attached hydrogens (tertiary/aromatic N) is 2. The van der Waals surface area contributed by atoms with Gasteiger partial charge >= 0.3 is 0 Å². The molecule has 0 bridgehead atoms. The van der Waals surface area contributed by atoms with Crippen LogP contribution in [-0.2, 0) is 19.0 Å². The molecule has 6 heteroatoms. The Morgan fingerprint density at radius 1 is 1.31 bits per heavy atom. The fraction of sp³-hybridized carbons (Fsp3) is 0.565. The lowest BCUT2D eigenvalue weighted by Gasteiger charge is -2.30. The maximum atomic E-state index is 10.6. The molecule has 162 valence electrons. The average molecular weight is 405 g/mol. The molecule has 0 aromatic carbocycles. The number of carbonyl (C=O) groups is 1. The highest BCUT2D eigenvalue weighted by atomic mass is 16.5. The monoisotopic (exact) mass is 404 g/mol. The average Bonchev–Trinajstić information content (AvgIpc) is 2.71. The zero-order valence-corrected chi connectivity index (χ0v) is 18.6. The van der Waals surface area contributed by atoms with Crippen LogP contribution in [0.2, 0.25) is 0 Å². The van der Waals surface area contributed by atoms with Crippen LogP contribution in [0.1, 0.15) is 34.1 Å². The molecule has 1 fully saturated rings. The summed E-state index contributed by atoms with van der Waals surface area (Å²) >= 11 is 0. The molecule has 1 aliphatic rings. The molecule has 29 heavy (non-hydrogen) atoms. The Bertz CT molecular complexity index is 656. The predicted octanol–water partition coefficient (Wildman–Crippen LogP) is 3.91. The van der Waals surface area contributed by atoms with Crippen molar-refractivity contribution >= 4 is 13.2 Å². The van der Waals surface area contributed by atoms with Crippen LogP contribution in [0.5, 0.6) is 0 Å². The fourth-order valence-electron chi connectivity index (χ4n) is 3.08. The first-order chi connectivity index (χ1) is 13.7. The summed E-state index contributed by atoms with van der Waals surface area (Å²) in [6, 6.07) is 0. The van der Waals surface area contributed by atoms with Crippen molar-refractivity contribution in [1.29, 1.82) is 0 Å². The minimum atomic E-state index is -0.237. The molecule has 0 aromatic heterocycles. The Morgan fingerprint density at radius 2 is 1.97 bits per heavy atom. The SMILES string of the molecule is C=N/C(=C/C=C(\CC(C)(C)COC=O)C(=C)/C=C(\C)N1CCOCC1)C(C)OC. The Morgan fingerprint density at radius 3 is 2.52 bits per heavy atom. The third-order valence-corrected chi connectivity index (χ3v) is 4.92. The molecule has 1 atom stereocenters. The summed E-state index contributed by atoms with van der Waals surface area (Å²) in [5, 5.41) is 0. The number of allylic oxidation sites excluding steroid dienone is 6. The van der Waals surface area contributed by atoms with Gasteiger partial charge in [0.25, 0.3) is 6.47 Å². The third kappa shape index (κ3) is 8.79. The Balaban J connectivity index is 3.15. The second-order valence-corrected chi connectivity index (χ2v) is 7.98. The number of aliphatic imine (C=N–C) groups is 1. The molecule has 0 spiro atoms. The highest BCUT2D eigenvalue weighted by Gasteiger charge is 2.22. The van der Waals surface area contributed by atoms with Gasteiger partial charge in [-0.3, -0.25) is 9.79 Å². The number of morpholine rings is 1. The molecular formula is C23H36N2O4. The van der Waals surface area contributed by atoms with Crippen molar-refractivity contribution in [3.63, 3.8) is 0 Å². The van der Waals surface area contributed by atoms with Crippen molar-refractivity contribution in [1.82, 2.24) is 4.90 Å². The molecule has 0 saturated carbocycles. The van der Waals surface area contributed by atoms with E-state index in [1.54, 1.807) is 7.11 Å². The molecule has 1 saturated heterocycles. The van der Waals surface area contributed by atoms with Crippen molar-refractivity contribution in [2.75, 3.05) is 40.0 Å². The zero-order valence-electron chi connectivity index (χ0n) is 18.6. The number of carbonyl (C=O) groups excluding carboxylic acids is 1. The van der Waals surface area contributed by atoms with Crippen molar-refractivity contribution in [2.45, 2.75) is 40.2 Å². The summed E-state index contributed by atoms with van der Waals surface area (Å²) in [5.74, 6) is 0. The van der Waals surface area contributed by atoms with Crippen LogP contribution in [0.15, 0.2) is 52.3 Å². The molecule has 1 heterocycles. The van der Waals surface area contributed by atoms with Gasteiger partial charge in [0, 0.05) is 31.3 Å². The van der Waals surface area contributed by atoms with Gasteiger partial charge in [-0.2, -0.15) is 0 Å². The number of rotatable bonds is 12. The first-order valence-corrected chi connectivity index (χ1v) is 9.90. The Labute approximate surface area is 175 Å². The van der Waals surface area contributed by atoms with Gasteiger partial charge < -0.3 is 19.1 Å². The van der Waals surface area contributed by atoms with Gasteiger partial charge in [-0.1, -0.05) is 26.5 Å². The lowest BCUT2D eigenvalue weighted by atomic mass is 9.83. The minimum Gasteiger partial charge on any atom is -0.467 e. The van der Waals surface area contributed by atoms with E-state index in [9.17, 15) is 4.79 Å². The molecule has 0 radical (unpaired) electrons. The van der Waals surface area contributed by atoms with E-state index in [4.69, 9.17) is 14.2 Å². The maximum Gasteiger partial charge on any atom is 0.293 e. The topological polar surface area (TPSA) is 60.4 Å². The fourth-order valence-corrected chi connectivity index (χ4v) is 3.08. The van der Waals surface area contributed by atoms with E-state index < -0.39 is 0 Å². The molecule has 1 aliphatic heterocycles. The third-order valence-electron chi connectivity index (χ3n) is 4.92. The summed E-state index contributed by atoms with van der Waals surface area (Å²) in [6.07, 6.45) is 6.55. The van der Waals surface area contributed by atoms with Gasteiger partial charge in [0.2, 0.25) is 0 Å². The van der Waals surface area contributed by atoms with Gasteiger partial charge in [-0.05, 0) is 50.3 Å². The van der Waals surface area contributed by atoms with Crippen molar-refractivity contribution in [2.24, 2.45) is 10.4 Å². The van der Waals surface area contributed by atoms with E-state index >= 15 is 0 Å². The Kier molecular flexibility index (Phi) is 10.6. The largest absolute Gasteiger partial charge is 0.467 e. The van der Waals surface area contributed by atoms with Gasteiger partial charge in [0.15, 0.2) is 0 Å². The second-order valence-electron chi connectivity index (χ2n) is 7.98. The first kappa shape index (κ1) is 24.9. The quantitative estimate of drug-likeness (QED) is 0.280. The lowest BCUT2D eigenvalue weighted by molar-refractivity contribution is -0.131. The summed E-state index contributed by atoms with van der Waals surface area (Å²) in [6.45, 7) is 20.1. The van der Waals surface area contributed by atoms with Gasteiger partial charge in [0.1, 0.15) is 0 Å². The van der Waals surface area contributed by atoms with E-state index in [0.29, 0.717) is 19.5 Å². The van der Waals surface area contributed by atoms with E-state index in [1.165, 1.54) is 0 Å². The minimum absolute atomic E-state index is 0.157. The van der Waals surface area contributed by atoms with E-state index in [1.807, 2.05) is 19.1 Å². The van der Waals surface area contributed by atoms with Crippen molar-refractivity contribution < 1.29 is 19.0 Å². The second kappa shape index (κ2) is 12.4. The van der Waals surface area contributed by atoms with Gasteiger partial charge in [-0.15, -0.1) is 0 Å². The van der Waals surface area contributed by atoms with Crippen LogP contribution in [0.3, 0.4) is 0 Å². The zero-order chi connectivity index (χ0) is 21.9. The van der Waals surface area contributed by atoms with Gasteiger partial charge in [0.05, 0.1) is 31.6 Å². The van der Waals surface area contributed by atoms with Crippen LogP contribution < -0.4 is 0 Å². The predicted molar refractivity (Wildman–Crippen MR) is 118 cm³/mol. The molecule has 0 aromatic rings. The summed E-state index contributed by atoms with van der Waals surface area (Å²) < 4.78 is 15.8. The molecule has 0 N–H and O–H groups in total. The van der Waals surface area contributed by atoms with Crippen LogP contribution in [0.4, 0.5) is 0 Å². The van der Waals surface area contributed by atoms with E-state index in [2.05, 4.69) is 50.0 Å². The molecule has 6 nitrogen and oxygen atoms in total. The van der Waals surface area contributed by atoms with Crippen LogP contribution >= 0.6 is 0 Å².